The van der Waals surface area contributed by atoms with E-state index in [1.165, 1.54) is 0 Å². The van der Waals surface area contributed by atoms with Gasteiger partial charge in [-0.25, -0.2) is 0 Å². The summed E-state index contributed by atoms with van der Waals surface area (Å²) in [6.07, 6.45) is 10.8. The molecule has 1 aliphatic carbocycles. The van der Waals surface area contributed by atoms with Crippen molar-refractivity contribution in [1.29, 1.82) is 0 Å². The molecule has 1 unspecified atom stereocenters. The van der Waals surface area contributed by atoms with Gasteiger partial charge in [0, 0.05) is 17.7 Å². The molecule has 180 valence electrons. The molecule has 1 saturated carbocycles. The number of allylic oxidation sites excluding steroid dienone is 2. The van der Waals surface area contributed by atoms with Gasteiger partial charge in [0.1, 0.15) is 0 Å². The standard InChI is InChI=1S/C27H41ClO4/c1-4-5-8-12-24(29)20-14-16-21(17-15-20)27-22(23(28)18-25(27)30)11-9-6-7-10-13-26(31)32-19(2)3/h6,9,14-17,19,22-25,27,29-30H,4-5,7-8,10-13,18H2,1-3H3/b9-6-/t22?,23-,24-,25-,27-/m1/s1. The normalized spacial score (nSPS) is 24.3. The maximum absolute atomic E-state index is 11.6. The molecule has 0 bridgehead atoms. The maximum atomic E-state index is 11.6. The summed E-state index contributed by atoms with van der Waals surface area (Å²) in [5, 5.41) is 21.0. The molecule has 1 aromatic rings. The Bertz CT molecular complexity index is 700. The Morgan fingerprint density at radius 1 is 1.19 bits per heavy atom. The number of esters is 1. The number of unbranched alkanes of at least 4 members (excludes halogenated alkanes) is 3. The van der Waals surface area contributed by atoms with E-state index in [0.29, 0.717) is 12.8 Å². The van der Waals surface area contributed by atoms with E-state index >= 15 is 0 Å². The molecule has 4 nitrogen and oxygen atoms in total. The molecule has 0 heterocycles. The number of carbonyl (C=O) groups excluding carboxylic acids is 1. The summed E-state index contributed by atoms with van der Waals surface area (Å²) in [4.78, 5) is 11.6. The first kappa shape index (κ1) is 26.9. The second-order valence-corrected chi connectivity index (χ2v) is 9.89. The van der Waals surface area contributed by atoms with Crippen molar-refractivity contribution >= 4 is 17.6 Å². The van der Waals surface area contributed by atoms with Crippen LogP contribution in [0, 0.1) is 5.92 Å². The zero-order valence-electron chi connectivity index (χ0n) is 19.9. The van der Waals surface area contributed by atoms with Gasteiger partial charge in [-0.05, 0) is 63.0 Å². The fraction of sp³-hybridized carbons (Fsp3) is 0.667. The van der Waals surface area contributed by atoms with Gasteiger partial charge < -0.3 is 14.9 Å². The number of rotatable bonds is 13. The smallest absolute Gasteiger partial charge is 0.306 e. The number of aliphatic hydroxyl groups is 2. The summed E-state index contributed by atoms with van der Waals surface area (Å²) >= 11 is 6.61. The SMILES string of the molecule is CCCCC[C@@H](O)c1ccc([C@@H]2C(C/C=C\CCCC(=O)OC(C)C)[C@H](Cl)C[C@H]2O)cc1. The molecule has 0 radical (unpaired) electrons. The van der Waals surface area contributed by atoms with Crippen molar-refractivity contribution in [3.63, 3.8) is 0 Å². The first-order valence-corrected chi connectivity index (χ1v) is 12.7. The van der Waals surface area contributed by atoms with Crippen molar-refractivity contribution in [2.45, 2.75) is 108 Å². The van der Waals surface area contributed by atoms with Crippen LogP contribution in [0.1, 0.15) is 102 Å². The largest absolute Gasteiger partial charge is 0.463 e. The predicted octanol–water partition coefficient (Wildman–Crippen LogP) is 6.44. The van der Waals surface area contributed by atoms with Crippen molar-refractivity contribution in [1.82, 2.24) is 0 Å². The molecule has 2 N–H and O–H groups in total. The minimum absolute atomic E-state index is 0.00514. The summed E-state index contributed by atoms with van der Waals surface area (Å²) in [5.41, 5.74) is 2.02. The highest BCUT2D eigenvalue weighted by Crippen LogP contribution is 2.45. The second-order valence-electron chi connectivity index (χ2n) is 9.32. The lowest BCUT2D eigenvalue weighted by atomic mass is 9.84. The summed E-state index contributed by atoms with van der Waals surface area (Å²) in [5.74, 6) is 0.00994. The number of ether oxygens (including phenoxy) is 1. The summed E-state index contributed by atoms with van der Waals surface area (Å²) < 4.78 is 5.15. The van der Waals surface area contributed by atoms with Gasteiger partial charge in [0.05, 0.1) is 18.3 Å². The fourth-order valence-corrected chi connectivity index (χ4v) is 5.02. The van der Waals surface area contributed by atoms with Gasteiger partial charge in [0.15, 0.2) is 0 Å². The van der Waals surface area contributed by atoms with Crippen molar-refractivity contribution in [2.75, 3.05) is 0 Å². The Morgan fingerprint density at radius 2 is 1.91 bits per heavy atom. The molecular formula is C27H41ClO4. The van der Waals surface area contributed by atoms with Crippen LogP contribution in [0.4, 0.5) is 0 Å². The average Bonchev–Trinajstić information content (AvgIpc) is 3.03. The number of hydrogen-bond acceptors (Lipinski definition) is 4. The van der Waals surface area contributed by atoms with E-state index in [-0.39, 0.29) is 29.3 Å². The molecule has 1 fully saturated rings. The minimum atomic E-state index is -0.456. The Morgan fingerprint density at radius 3 is 2.56 bits per heavy atom. The molecule has 0 spiro atoms. The van der Waals surface area contributed by atoms with Gasteiger partial charge in [-0.2, -0.15) is 0 Å². The monoisotopic (exact) mass is 464 g/mol. The Hall–Kier alpha value is -1.36. The van der Waals surface area contributed by atoms with E-state index < -0.39 is 12.2 Å². The van der Waals surface area contributed by atoms with Crippen molar-refractivity contribution in [2.24, 2.45) is 5.92 Å². The molecule has 5 atom stereocenters. The summed E-state index contributed by atoms with van der Waals surface area (Å²) in [6.45, 7) is 5.87. The van der Waals surface area contributed by atoms with Crippen molar-refractivity contribution in [3.05, 3.63) is 47.5 Å². The van der Waals surface area contributed by atoms with E-state index in [2.05, 4.69) is 19.1 Å². The first-order valence-electron chi connectivity index (χ1n) is 12.3. The number of alkyl halides is 1. The van der Waals surface area contributed by atoms with Crippen LogP contribution in [0.3, 0.4) is 0 Å². The molecule has 2 rings (SSSR count). The zero-order chi connectivity index (χ0) is 23.5. The van der Waals surface area contributed by atoms with Crippen LogP contribution in [0.5, 0.6) is 0 Å². The quantitative estimate of drug-likeness (QED) is 0.152. The Labute approximate surface area is 199 Å². The summed E-state index contributed by atoms with van der Waals surface area (Å²) in [7, 11) is 0. The van der Waals surface area contributed by atoms with Crippen LogP contribution >= 0.6 is 11.6 Å². The number of carbonyl (C=O) groups is 1. The maximum Gasteiger partial charge on any atom is 0.306 e. The lowest BCUT2D eigenvalue weighted by Gasteiger charge is -2.23. The highest BCUT2D eigenvalue weighted by Gasteiger charge is 2.41. The second kappa shape index (κ2) is 14.0. The van der Waals surface area contributed by atoms with E-state index in [0.717, 1.165) is 56.1 Å². The predicted molar refractivity (Wildman–Crippen MR) is 131 cm³/mol. The summed E-state index contributed by atoms with van der Waals surface area (Å²) in [6, 6.07) is 8.06. The molecule has 0 aliphatic heterocycles. The molecule has 5 heteroatoms. The van der Waals surface area contributed by atoms with Gasteiger partial charge in [-0.15, -0.1) is 11.6 Å². The molecule has 1 aliphatic rings. The number of aliphatic hydroxyl groups excluding tert-OH is 2. The van der Waals surface area contributed by atoms with E-state index in [1.807, 2.05) is 38.1 Å². The van der Waals surface area contributed by atoms with Gasteiger partial charge in [0.2, 0.25) is 0 Å². The first-order chi connectivity index (χ1) is 15.3. The minimum Gasteiger partial charge on any atom is -0.463 e. The van der Waals surface area contributed by atoms with Crippen LogP contribution < -0.4 is 0 Å². The van der Waals surface area contributed by atoms with E-state index in [1.54, 1.807) is 0 Å². The topological polar surface area (TPSA) is 66.8 Å². The molecule has 0 amide bonds. The van der Waals surface area contributed by atoms with Gasteiger partial charge in [-0.3, -0.25) is 4.79 Å². The van der Waals surface area contributed by atoms with Gasteiger partial charge in [-0.1, -0.05) is 62.6 Å². The van der Waals surface area contributed by atoms with Crippen LogP contribution in [0.15, 0.2) is 36.4 Å². The third-order valence-corrected chi connectivity index (χ3v) is 6.79. The lowest BCUT2D eigenvalue weighted by molar-refractivity contribution is -0.147. The van der Waals surface area contributed by atoms with Gasteiger partial charge >= 0.3 is 5.97 Å². The lowest BCUT2D eigenvalue weighted by Crippen LogP contribution is -2.18. The number of hydrogen-bond donors (Lipinski definition) is 2. The third kappa shape index (κ3) is 8.53. The third-order valence-electron chi connectivity index (χ3n) is 6.29. The van der Waals surface area contributed by atoms with Crippen molar-refractivity contribution in [3.8, 4) is 0 Å². The highest BCUT2D eigenvalue weighted by atomic mass is 35.5. The van der Waals surface area contributed by atoms with Crippen LogP contribution in [0.2, 0.25) is 0 Å². The number of benzene rings is 1. The van der Waals surface area contributed by atoms with E-state index in [9.17, 15) is 15.0 Å². The molecule has 0 aromatic heterocycles. The fourth-order valence-electron chi connectivity index (χ4n) is 4.58. The highest BCUT2D eigenvalue weighted by molar-refractivity contribution is 6.21. The van der Waals surface area contributed by atoms with E-state index in [4.69, 9.17) is 16.3 Å². The molecular weight excluding hydrogens is 424 g/mol. The van der Waals surface area contributed by atoms with Crippen molar-refractivity contribution < 1.29 is 19.7 Å². The van der Waals surface area contributed by atoms with Crippen LogP contribution in [-0.4, -0.2) is 33.8 Å². The number of halogens is 1. The van der Waals surface area contributed by atoms with Crippen LogP contribution in [-0.2, 0) is 9.53 Å². The van der Waals surface area contributed by atoms with Gasteiger partial charge in [0.25, 0.3) is 0 Å². The zero-order valence-corrected chi connectivity index (χ0v) is 20.6. The molecule has 32 heavy (non-hydrogen) atoms. The average molecular weight is 465 g/mol. The Balaban J connectivity index is 1.89. The van der Waals surface area contributed by atoms with Crippen LogP contribution in [0.25, 0.3) is 0 Å². The Kier molecular flexibility index (Phi) is 11.8. The molecule has 1 aromatic carbocycles. The molecule has 0 saturated heterocycles.